The number of halogens is 2. The van der Waals surface area contributed by atoms with Crippen LogP contribution >= 0.6 is 11.6 Å². The Morgan fingerprint density at radius 1 is 1.27 bits per heavy atom. The van der Waals surface area contributed by atoms with Crippen LogP contribution in [-0.4, -0.2) is 55.0 Å². The van der Waals surface area contributed by atoms with E-state index in [0.29, 0.717) is 33.2 Å². The summed E-state index contributed by atoms with van der Waals surface area (Å²) in [4.78, 5) is 21.7. The van der Waals surface area contributed by atoms with Crippen molar-refractivity contribution in [2.75, 3.05) is 11.9 Å². The molecule has 4 rings (SSSR count). The van der Waals surface area contributed by atoms with Crippen LogP contribution in [0.4, 0.5) is 10.1 Å². The standard InChI is InChI=1S/C23H28ClFN6O2/c1-23(2,33)20(25)12-28-22(32)17-10-26-18(8-19(17)30-15-6-4-3-5-7-15)16-11-29-31-13-14(24)9-27-21(16)31/h8-11,13,15,20,33H,3-7,12H2,1-2H3,(H,26,30)(H,28,32). The maximum atomic E-state index is 14.2. The Labute approximate surface area is 196 Å². The van der Waals surface area contributed by atoms with Crippen molar-refractivity contribution in [3.63, 3.8) is 0 Å². The van der Waals surface area contributed by atoms with Gasteiger partial charge in [0.15, 0.2) is 5.65 Å². The van der Waals surface area contributed by atoms with E-state index in [1.807, 2.05) is 0 Å². The zero-order valence-corrected chi connectivity index (χ0v) is 19.4. The van der Waals surface area contributed by atoms with Gasteiger partial charge in [-0.15, -0.1) is 0 Å². The molecular formula is C23H28ClFN6O2. The molecule has 0 aliphatic heterocycles. The normalized spacial score (nSPS) is 16.0. The highest BCUT2D eigenvalue weighted by atomic mass is 35.5. The molecule has 176 valence electrons. The predicted octanol–water partition coefficient (Wildman–Crippen LogP) is 4.03. The van der Waals surface area contributed by atoms with Gasteiger partial charge in [-0.1, -0.05) is 30.9 Å². The van der Waals surface area contributed by atoms with E-state index < -0.39 is 17.7 Å². The summed E-state index contributed by atoms with van der Waals surface area (Å²) < 4.78 is 15.7. The summed E-state index contributed by atoms with van der Waals surface area (Å²) in [5, 5.41) is 20.6. The summed E-state index contributed by atoms with van der Waals surface area (Å²) in [6.07, 6.45) is 10.2. The van der Waals surface area contributed by atoms with Crippen LogP contribution < -0.4 is 10.6 Å². The molecule has 3 aromatic rings. The Morgan fingerprint density at radius 3 is 2.76 bits per heavy atom. The highest BCUT2D eigenvalue weighted by Gasteiger charge is 2.27. The number of aromatic nitrogens is 4. The molecule has 0 radical (unpaired) electrons. The number of carbonyl (C=O) groups is 1. The summed E-state index contributed by atoms with van der Waals surface area (Å²) in [7, 11) is 0. The number of rotatable bonds is 7. The van der Waals surface area contributed by atoms with Crippen LogP contribution in [0.2, 0.25) is 5.02 Å². The highest BCUT2D eigenvalue weighted by molar-refractivity contribution is 6.30. The van der Waals surface area contributed by atoms with Gasteiger partial charge in [-0.3, -0.25) is 9.78 Å². The second kappa shape index (κ2) is 9.61. The van der Waals surface area contributed by atoms with E-state index in [1.54, 1.807) is 29.2 Å². The van der Waals surface area contributed by atoms with Crippen molar-refractivity contribution in [1.29, 1.82) is 0 Å². The van der Waals surface area contributed by atoms with E-state index >= 15 is 0 Å². The van der Waals surface area contributed by atoms with Crippen LogP contribution in [0.15, 0.2) is 30.9 Å². The van der Waals surface area contributed by atoms with Gasteiger partial charge >= 0.3 is 0 Å². The molecule has 10 heteroatoms. The third-order valence-corrected chi connectivity index (χ3v) is 6.12. The van der Waals surface area contributed by atoms with Crippen molar-refractivity contribution >= 4 is 28.8 Å². The number of hydrogen-bond acceptors (Lipinski definition) is 6. The molecule has 1 amide bonds. The number of nitrogens with one attached hydrogen (secondary N) is 2. The number of carbonyl (C=O) groups excluding carboxylic acids is 1. The molecule has 3 N–H and O–H groups in total. The van der Waals surface area contributed by atoms with E-state index in [1.165, 1.54) is 26.5 Å². The number of amides is 1. The lowest BCUT2D eigenvalue weighted by Gasteiger charge is -2.25. The number of alkyl halides is 1. The maximum Gasteiger partial charge on any atom is 0.255 e. The number of anilines is 1. The van der Waals surface area contributed by atoms with Gasteiger partial charge in [0, 0.05) is 18.4 Å². The minimum atomic E-state index is -1.60. The van der Waals surface area contributed by atoms with Crippen molar-refractivity contribution in [3.05, 3.63) is 41.4 Å². The van der Waals surface area contributed by atoms with Gasteiger partial charge in [-0.2, -0.15) is 5.10 Å². The van der Waals surface area contributed by atoms with Gasteiger partial charge < -0.3 is 15.7 Å². The third-order valence-electron chi connectivity index (χ3n) is 5.92. The number of pyridine rings is 1. The second-order valence-electron chi connectivity index (χ2n) is 9.02. The molecule has 1 fully saturated rings. The molecule has 0 saturated heterocycles. The Hall–Kier alpha value is -2.78. The van der Waals surface area contributed by atoms with Crippen molar-refractivity contribution < 1.29 is 14.3 Å². The van der Waals surface area contributed by atoms with Crippen LogP contribution in [0.25, 0.3) is 16.9 Å². The zero-order valence-electron chi connectivity index (χ0n) is 18.7. The molecule has 0 aromatic carbocycles. The monoisotopic (exact) mass is 474 g/mol. The van der Waals surface area contributed by atoms with E-state index in [9.17, 15) is 14.3 Å². The minimum absolute atomic E-state index is 0.242. The van der Waals surface area contributed by atoms with Gasteiger partial charge in [-0.25, -0.2) is 13.9 Å². The molecule has 1 saturated carbocycles. The van der Waals surface area contributed by atoms with Crippen LogP contribution in [0.3, 0.4) is 0 Å². The number of hydrogen-bond donors (Lipinski definition) is 3. The largest absolute Gasteiger partial charge is 0.387 e. The van der Waals surface area contributed by atoms with Crippen molar-refractivity contribution in [1.82, 2.24) is 24.9 Å². The zero-order chi connectivity index (χ0) is 23.6. The molecular weight excluding hydrogens is 447 g/mol. The van der Waals surface area contributed by atoms with E-state index in [2.05, 4.69) is 25.7 Å². The van der Waals surface area contributed by atoms with Crippen LogP contribution in [0.5, 0.6) is 0 Å². The highest BCUT2D eigenvalue weighted by Crippen LogP contribution is 2.29. The first-order valence-corrected chi connectivity index (χ1v) is 11.5. The summed E-state index contributed by atoms with van der Waals surface area (Å²) in [5.41, 5.74) is 1.30. The molecule has 1 atom stereocenters. The summed E-state index contributed by atoms with van der Waals surface area (Å²) in [5.74, 6) is -0.455. The SMILES string of the molecule is CC(C)(O)C(F)CNC(=O)c1cnc(-c2cnn3cc(Cl)cnc23)cc1NC1CCCCC1. The van der Waals surface area contributed by atoms with Crippen LogP contribution in [0, 0.1) is 0 Å². The molecule has 0 spiro atoms. The topological polar surface area (TPSA) is 104 Å². The molecule has 1 unspecified atom stereocenters. The lowest BCUT2D eigenvalue weighted by Crippen LogP contribution is -2.42. The fraction of sp³-hybridized carbons (Fsp3) is 0.478. The van der Waals surface area contributed by atoms with Gasteiger partial charge in [-0.05, 0) is 32.8 Å². The number of aliphatic hydroxyl groups is 1. The Morgan fingerprint density at radius 2 is 2.03 bits per heavy atom. The van der Waals surface area contributed by atoms with Crippen molar-refractivity contribution in [3.8, 4) is 11.3 Å². The van der Waals surface area contributed by atoms with Crippen LogP contribution in [0.1, 0.15) is 56.3 Å². The minimum Gasteiger partial charge on any atom is -0.387 e. The summed E-state index contributed by atoms with van der Waals surface area (Å²) in [6, 6.07) is 2.05. The molecule has 3 aromatic heterocycles. The lowest BCUT2D eigenvalue weighted by molar-refractivity contribution is -0.00177. The first kappa shape index (κ1) is 23.4. The lowest BCUT2D eigenvalue weighted by atomic mass is 9.95. The summed E-state index contributed by atoms with van der Waals surface area (Å²) >= 11 is 6.01. The molecule has 33 heavy (non-hydrogen) atoms. The Bertz CT molecular complexity index is 1140. The van der Waals surface area contributed by atoms with Crippen molar-refractivity contribution in [2.45, 2.75) is 63.8 Å². The fourth-order valence-electron chi connectivity index (χ4n) is 3.93. The van der Waals surface area contributed by atoms with E-state index in [0.717, 1.165) is 25.7 Å². The van der Waals surface area contributed by atoms with Gasteiger partial charge in [0.05, 0.1) is 52.1 Å². The van der Waals surface area contributed by atoms with Gasteiger partial charge in [0.2, 0.25) is 0 Å². The van der Waals surface area contributed by atoms with Gasteiger partial charge in [0.1, 0.15) is 6.17 Å². The summed E-state index contributed by atoms with van der Waals surface area (Å²) in [6.45, 7) is 2.44. The maximum absolute atomic E-state index is 14.2. The molecule has 8 nitrogen and oxygen atoms in total. The number of nitrogens with zero attached hydrogens (tertiary/aromatic N) is 4. The predicted molar refractivity (Wildman–Crippen MR) is 125 cm³/mol. The Balaban J connectivity index is 1.64. The molecule has 1 aliphatic rings. The smallest absolute Gasteiger partial charge is 0.255 e. The van der Waals surface area contributed by atoms with E-state index in [-0.39, 0.29) is 12.6 Å². The first-order chi connectivity index (χ1) is 15.7. The molecule has 0 bridgehead atoms. The second-order valence-corrected chi connectivity index (χ2v) is 9.46. The average molecular weight is 475 g/mol. The molecule has 3 heterocycles. The average Bonchev–Trinajstić information content (AvgIpc) is 3.20. The fourth-order valence-corrected chi connectivity index (χ4v) is 4.07. The van der Waals surface area contributed by atoms with Crippen LogP contribution in [-0.2, 0) is 0 Å². The van der Waals surface area contributed by atoms with Crippen molar-refractivity contribution in [2.24, 2.45) is 0 Å². The number of fused-ring (bicyclic) bond motifs is 1. The molecule has 1 aliphatic carbocycles. The van der Waals surface area contributed by atoms with Gasteiger partial charge in [0.25, 0.3) is 5.91 Å². The Kier molecular flexibility index (Phi) is 6.81. The van der Waals surface area contributed by atoms with E-state index in [4.69, 9.17) is 11.6 Å². The third kappa shape index (κ3) is 5.42. The first-order valence-electron chi connectivity index (χ1n) is 11.1. The quantitative estimate of drug-likeness (QED) is 0.477.